The summed E-state index contributed by atoms with van der Waals surface area (Å²) >= 11 is 0. The van der Waals surface area contributed by atoms with Crippen molar-refractivity contribution in [3.63, 3.8) is 0 Å². The molecule has 14 heavy (non-hydrogen) atoms. The molecule has 0 aromatic heterocycles. The van der Waals surface area contributed by atoms with Crippen molar-refractivity contribution in [2.24, 2.45) is 10.3 Å². The molecule has 1 aliphatic heterocycles. The first-order valence-corrected chi connectivity index (χ1v) is 5.27. The zero-order valence-electron chi connectivity index (χ0n) is 8.21. The minimum atomic E-state index is -0.699. The Morgan fingerprint density at radius 2 is 2.14 bits per heavy atom. The Balaban J connectivity index is 1.91. The van der Waals surface area contributed by atoms with Crippen LogP contribution in [0.1, 0.15) is 25.7 Å². The lowest BCUT2D eigenvalue weighted by Gasteiger charge is -2.29. The van der Waals surface area contributed by atoms with Crippen LogP contribution in [0.3, 0.4) is 0 Å². The molecule has 1 heterocycles. The molecule has 2 aliphatic rings. The number of fused-ring (bicyclic) bond motifs is 1. The topological polar surface area (TPSA) is 68.4 Å². The van der Waals surface area contributed by atoms with E-state index in [1.807, 2.05) is 5.01 Å². The minimum Gasteiger partial charge on any atom is -0.394 e. The van der Waals surface area contributed by atoms with Gasteiger partial charge in [0.05, 0.1) is 31.3 Å². The molecule has 0 aromatic carbocycles. The van der Waals surface area contributed by atoms with E-state index in [9.17, 15) is 5.11 Å². The fraction of sp³-hybridized carbons (Fsp3) is 1.00. The lowest BCUT2D eigenvalue weighted by atomic mass is 9.91. The summed E-state index contributed by atoms with van der Waals surface area (Å²) in [5.41, 5.74) is 0. The van der Waals surface area contributed by atoms with Crippen LogP contribution >= 0.6 is 0 Å². The summed E-state index contributed by atoms with van der Waals surface area (Å²) in [6, 6.07) is 0.694. The molecule has 0 radical (unpaired) electrons. The molecule has 2 N–H and O–H groups in total. The number of β-amino-alcohol motifs (C(OH)–C–C–N with tert-alkyl or cyclic N) is 1. The van der Waals surface area contributed by atoms with Gasteiger partial charge in [0.1, 0.15) is 0 Å². The highest BCUT2D eigenvalue weighted by molar-refractivity contribution is 4.90. The van der Waals surface area contributed by atoms with E-state index in [0.29, 0.717) is 18.6 Å². The molecule has 1 saturated carbocycles. The molecule has 3 atom stereocenters. The van der Waals surface area contributed by atoms with Crippen molar-refractivity contribution in [1.82, 2.24) is 5.01 Å². The molecule has 0 bridgehead atoms. The highest BCUT2D eigenvalue weighted by Gasteiger charge is 2.34. The van der Waals surface area contributed by atoms with Gasteiger partial charge in [0.25, 0.3) is 0 Å². The first kappa shape index (κ1) is 9.86. The molecule has 5 heteroatoms. The van der Waals surface area contributed by atoms with E-state index >= 15 is 0 Å². The summed E-state index contributed by atoms with van der Waals surface area (Å²) < 4.78 is 0. The Morgan fingerprint density at radius 3 is 2.93 bits per heavy atom. The Kier molecular flexibility index (Phi) is 2.98. The monoisotopic (exact) mass is 199 g/mol. The van der Waals surface area contributed by atoms with Crippen LogP contribution in [0.5, 0.6) is 0 Å². The fourth-order valence-electron chi connectivity index (χ4n) is 2.22. The summed E-state index contributed by atoms with van der Waals surface area (Å²) in [5, 5.41) is 28.1. The lowest BCUT2D eigenvalue weighted by molar-refractivity contribution is 0.0446. The third kappa shape index (κ3) is 1.88. The Bertz CT molecular complexity index is 222. The molecule has 3 unspecified atom stereocenters. The maximum atomic E-state index is 9.32. The second-order valence-corrected chi connectivity index (χ2v) is 4.08. The summed E-state index contributed by atoms with van der Waals surface area (Å²) in [4.78, 5) is 0. The summed E-state index contributed by atoms with van der Waals surface area (Å²) in [5.74, 6) is 0. The quantitative estimate of drug-likeness (QED) is 0.688. The van der Waals surface area contributed by atoms with Gasteiger partial charge in [-0.25, -0.2) is 0 Å². The average molecular weight is 199 g/mol. The van der Waals surface area contributed by atoms with Crippen molar-refractivity contribution in [2.75, 3.05) is 13.2 Å². The largest absolute Gasteiger partial charge is 0.394 e. The van der Waals surface area contributed by atoms with Gasteiger partial charge in [0.2, 0.25) is 0 Å². The van der Waals surface area contributed by atoms with Crippen LogP contribution in [0.15, 0.2) is 10.3 Å². The van der Waals surface area contributed by atoms with E-state index in [4.69, 9.17) is 5.11 Å². The van der Waals surface area contributed by atoms with Gasteiger partial charge < -0.3 is 10.2 Å². The van der Waals surface area contributed by atoms with E-state index in [-0.39, 0.29) is 6.61 Å². The standard InChI is InChI=1S/C9H17N3O2/c13-6-7(14)5-12-9-4-2-1-3-8(9)10-11-12/h7-9,13-14H,1-6H2. The lowest BCUT2D eigenvalue weighted by Crippen LogP contribution is -2.41. The number of nitrogens with zero attached hydrogens (tertiary/aromatic N) is 3. The van der Waals surface area contributed by atoms with Crippen LogP contribution in [0.2, 0.25) is 0 Å². The molecule has 0 spiro atoms. The highest BCUT2D eigenvalue weighted by atomic mass is 16.3. The number of aliphatic hydroxyl groups excluding tert-OH is 2. The Morgan fingerprint density at radius 1 is 1.36 bits per heavy atom. The number of hydrogen-bond donors (Lipinski definition) is 2. The van der Waals surface area contributed by atoms with Crippen LogP contribution in [0, 0.1) is 0 Å². The molecule has 2 rings (SSSR count). The molecule has 1 aliphatic carbocycles. The average Bonchev–Trinajstić information content (AvgIpc) is 2.62. The minimum absolute atomic E-state index is 0.205. The fourth-order valence-corrected chi connectivity index (χ4v) is 2.22. The SMILES string of the molecule is OCC(O)CN1N=NC2CCCCC21. The van der Waals surface area contributed by atoms with E-state index in [1.165, 1.54) is 12.8 Å². The van der Waals surface area contributed by atoms with Crippen molar-refractivity contribution < 1.29 is 10.2 Å². The van der Waals surface area contributed by atoms with Gasteiger partial charge in [-0.2, -0.15) is 5.11 Å². The molecular formula is C9H17N3O2. The molecule has 0 saturated heterocycles. The molecule has 0 aromatic rings. The van der Waals surface area contributed by atoms with Gasteiger partial charge in [-0.15, -0.1) is 0 Å². The van der Waals surface area contributed by atoms with Gasteiger partial charge >= 0.3 is 0 Å². The van der Waals surface area contributed by atoms with Gasteiger partial charge in [0, 0.05) is 0 Å². The van der Waals surface area contributed by atoms with Crippen molar-refractivity contribution in [2.45, 2.75) is 43.9 Å². The van der Waals surface area contributed by atoms with E-state index in [1.54, 1.807) is 0 Å². The molecule has 80 valence electrons. The number of aliphatic hydroxyl groups is 2. The summed E-state index contributed by atoms with van der Waals surface area (Å²) in [7, 11) is 0. The second kappa shape index (κ2) is 4.23. The Hall–Kier alpha value is -0.680. The maximum Gasteiger partial charge on any atom is 0.0962 e. The Labute approximate surface area is 83.4 Å². The third-order valence-electron chi connectivity index (χ3n) is 3.00. The van der Waals surface area contributed by atoms with Gasteiger partial charge in [0.15, 0.2) is 0 Å². The van der Waals surface area contributed by atoms with E-state index < -0.39 is 6.10 Å². The smallest absolute Gasteiger partial charge is 0.0962 e. The van der Waals surface area contributed by atoms with Crippen molar-refractivity contribution in [3.8, 4) is 0 Å². The second-order valence-electron chi connectivity index (χ2n) is 4.08. The van der Waals surface area contributed by atoms with Crippen molar-refractivity contribution >= 4 is 0 Å². The molecule has 0 amide bonds. The van der Waals surface area contributed by atoms with Crippen LogP contribution in [0.25, 0.3) is 0 Å². The first-order valence-electron chi connectivity index (χ1n) is 5.27. The summed E-state index contributed by atoms with van der Waals surface area (Å²) in [6.07, 6.45) is 3.97. The van der Waals surface area contributed by atoms with Crippen molar-refractivity contribution in [1.29, 1.82) is 0 Å². The zero-order valence-corrected chi connectivity index (χ0v) is 8.21. The van der Waals surface area contributed by atoms with Gasteiger partial charge in [-0.05, 0) is 12.8 Å². The van der Waals surface area contributed by atoms with Crippen LogP contribution in [0.4, 0.5) is 0 Å². The molecular weight excluding hydrogens is 182 g/mol. The van der Waals surface area contributed by atoms with Crippen LogP contribution in [-0.2, 0) is 0 Å². The summed E-state index contributed by atoms with van der Waals surface area (Å²) in [6.45, 7) is 0.199. The van der Waals surface area contributed by atoms with Crippen LogP contribution in [-0.4, -0.2) is 46.6 Å². The third-order valence-corrected chi connectivity index (χ3v) is 3.00. The predicted octanol–water partition coefficient (Wildman–Crippen LogP) is 0.334. The van der Waals surface area contributed by atoms with Gasteiger partial charge in [-0.3, -0.25) is 5.01 Å². The van der Waals surface area contributed by atoms with E-state index in [0.717, 1.165) is 12.8 Å². The van der Waals surface area contributed by atoms with Crippen LogP contribution < -0.4 is 0 Å². The van der Waals surface area contributed by atoms with E-state index in [2.05, 4.69) is 10.3 Å². The molecule has 5 nitrogen and oxygen atoms in total. The number of hydrogen-bond acceptors (Lipinski definition) is 5. The molecule has 1 fully saturated rings. The van der Waals surface area contributed by atoms with Gasteiger partial charge in [-0.1, -0.05) is 18.1 Å². The first-order chi connectivity index (χ1) is 6.81. The predicted molar refractivity (Wildman–Crippen MR) is 50.7 cm³/mol. The highest BCUT2D eigenvalue weighted by Crippen LogP contribution is 2.30. The normalized spacial score (nSPS) is 33.1. The van der Waals surface area contributed by atoms with Crippen molar-refractivity contribution in [3.05, 3.63) is 0 Å². The number of rotatable bonds is 3. The maximum absolute atomic E-state index is 9.32. The zero-order chi connectivity index (χ0) is 9.97.